The van der Waals surface area contributed by atoms with Gasteiger partial charge in [0, 0.05) is 5.92 Å². The molecule has 0 radical (unpaired) electrons. The molecule has 1 saturated carbocycles. The van der Waals surface area contributed by atoms with E-state index in [4.69, 9.17) is 4.84 Å². The average molecular weight is 269 g/mol. The highest BCUT2D eigenvalue weighted by Crippen LogP contribution is 2.29. The molecule has 3 heteroatoms. The Morgan fingerprint density at radius 3 is 2.80 bits per heavy atom. The minimum Gasteiger partial charge on any atom is -0.273 e. The van der Waals surface area contributed by atoms with Crippen LogP contribution in [0.15, 0.2) is 36.4 Å². The van der Waals surface area contributed by atoms with Crippen LogP contribution in [0.5, 0.6) is 0 Å². The van der Waals surface area contributed by atoms with E-state index in [1.165, 1.54) is 21.9 Å². The number of aryl methyl sites for hydroxylation is 1. The van der Waals surface area contributed by atoms with Gasteiger partial charge in [-0.2, -0.15) is 0 Å². The van der Waals surface area contributed by atoms with Crippen LogP contribution in [0.3, 0.4) is 0 Å². The lowest BCUT2D eigenvalue weighted by Gasteiger charge is -2.12. The lowest BCUT2D eigenvalue weighted by Crippen LogP contribution is -2.25. The minimum atomic E-state index is 0.0169. The molecule has 1 aliphatic carbocycles. The van der Waals surface area contributed by atoms with Gasteiger partial charge < -0.3 is 0 Å². The summed E-state index contributed by atoms with van der Waals surface area (Å²) in [6.07, 6.45) is 2.94. The lowest BCUT2D eigenvalue weighted by molar-refractivity contribution is -0.135. The molecule has 1 fully saturated rings. The highest BCUT2D eigenvalue weighted by molar-refractivity contribution is 5.86. The molecule has 0 aromatic heterocycles. The van der Waals surface area contributed by atoms with Crippen molar-refractivity contribution in [2.75, 3.05) is 0 Å². The summed E-state index contributed by atoms with van der Waals surface area (Å²) < 4.78 is 0. The fraction of sp³-hybridized carbons (Fsp3) is 0.353. The fourth-order valence-electron chi connectivity index (χ4n) is 2.49. The van der Waals surface area contributed by atoms with Crippen LogP contribution in [0.2, 0.25) is 0 Å². The Labute approximate surface area is 118 Å². The second-order valence-electron chi connectivity index (χ2n) is 5.31. The van der Waals surface area contributed by atoms with Gasteiger partial charge in [0.05, 0.1) is 0 Å². The van der Waals surface area contributed by atoms with E-state index in [1.54, 1.807) is 0 Å². The highest BCUT2D eigenvalue weighted by atomic mass is 16.6. The van der Waals surface area contributed by atoms with Crippen molar-refractivity contribution in [1.29, 1.82) is 0 Å². The van der Waals surface area contributed by atoms with Crippen molar-refractivity contribution >= 4 is 16.7 Å². The van der Waals surface area contributed by atoms with E-state index >= 15 is 0 Å². The summed E-state index contributed by atoms with van der Waals surface area (Å²) in [4.78, 5) is 17.0. The molecule has 0 unspecified atom stereocenters. The average Bonchev–Trinajstić information content (AvgIpc) is 3.32. The van der Waals surface area contributed by atoms with Crippen LogP contribution >= 0.6 is 0 Å². The number of hydroxylamine groups is 1. The Morgan fingerprint density at radius 2 is 2.05 bits per heavy atom. The molecule has 20 heavy (non-hydrogen) atoms. The molecule has 3 rings (SSSR count). The number of nitrogens with one attached hydrogen (secondary N) is 1. The first-order chi connectivity index (χ1) is 9.79. The van der Waals surface area contributed by atoms with Crippen LogP contribution in [-0.2, 0) is 22.7 Å². The maximum Gasteiger partial charge on any atom is 0.246 e. The zero-order valence-electron chi connectivity index (χ0n) is 11.7. The van der Waals surface area contributed by atoms with E-state index in [0.29, 0.717) is 6.61 Å². The van der Waals surface area contributed by atoms with Crippen LogP contribution in [0.25, 0.3) is 10.8 Å². The van der Waals surface area contributed by atoms with E-state index in [2.05, 4.69) is 36.7 Å². The molecule has 0 aliphatic heterocycles. The normalized spacial score (nSPS) is 14.4. The van der Waals surface area contributed by atoms with Gasteiger partial charge >= 0.3 is 0 Å². The fourth-order valence-corrected chi connectivity index (χ4v) is 2.49. The Hall–Kier alpha value is -1.87. The van der Waals surface area contributed by atoms with Gasteiger partial charge in [-0.05, 0) is 41.2 Å². The monoisotopic (exact) mass is 269 g/mol. The van der Waals surface area contributed by atoms with Crippen molar-refractivity contribution in [3.8, 4) is 0 Å². The number of fused-ring (bicyclic) bond motifs is 1. The van der Waals surface area contributed by atoms with Crippen LogP contribution in [0.1, 0.15) is 30.9 Å². The Balaban J connectivity index is 1.79. The third-order valence-corrected chi connectivity index (χ3v) is 3.86. The molecule has 3 nitrogen and oxygen atoms in total. The van der Waals surface area contributed by atoms with Crippen molar-refractivity contribution in [2.45, 2.75) is 32.8 Å². The molecule has 1 amide bonds. The predicted octanol–water partition coefficient (Wildman–Crippen LogP) is 3.36. The van der Waals surface area contributed by atoms with E-state index < -0.39 is 0 Å². The Morgan fingerprint density at radius 1 is 1.25 bits per heavy atom. The van der Waals surface area contributed by atoms with Gasteiger partial charge in [-0.1, -0.05) is 43.3 Å². The number of hydrogen-bond acceptors (Lipinski definition) is 2. The Bertz CT molecular complexity index is 632. The van der Waals surface area contributed by atoms with Gasteiger partial charge in [0.15, 0.2) is 0 Å². The van der Waals surface area contributed by atoms with E-state index in [1.807, 2.05) is 12.1 Å². The van der Waals surface area contributed by atoms with E-state index in [9.17, 15) is 4.79 Å². The quantitative estimate of drug-likeness (QED) is 0.845. The number of benzene rings is 2. The molecular formula is C17H19NO2. The SMILES string of the molecule is CCc1ccc2ccccc2c1CONC(=O)C1CC1. The van der Waals surface area contributed by atoms with Crippen LogP contribution < -0.4 is 5.48 Å². The summed E-state index contributed by atoms with van der Waals surface area (Å²) in [5.41, 5.74) is 5.01. The van der Waals surface area contributed by atoms with Gasteiger partial charge in [0.25, 0.3) is 0 Å². The standard InChI is InChI=1S/C17H19NO2/c1-2-12-7-8-13-5-3-4-6-15(13)16(12)11-20-18-17(19)14-9-10-14/h3-8,14H,2,9-11H2,1H3,(H,18,19). The molecule has 0 atom stereocenters. The molecular weight excluding hydrogens is 250 g/mol. The molecule has 0 spiro atoms. The van der Waals surface area contributed by atoms with Crippen molar-refractivity contribution in [1.82, 2.24) is 5.48 Å². The van der Waals surface area contributed by atoms with Crippen molar-refractivity contribution < 1.29 is 9.63 Å². The molecule has 2 aromatic rings. The molecule has 1 N–H and O–H groups in total. The van der Waals surface area contributed by atoms with Gasteiger partial charge in [0.1, 0.15) is 6.61 Å². The first kappa shape index (κ1) is 13.1. The number of amides is 1. The molecule has 104 valence electrons. The maximum absolute atomic E-state index is 11.6. The Kier molecular flexibility index (Phi) is 3.70. The summed E-state index contributed by atoms with van der Waals surface area (Å²) >= 11 is 0. The van der Waals surface area contributed by atoms with Crippen LogP contribution in [0, 0.1) is 5.92 Å². The summed E-state index contributed by atoms with van der Waals surface area (Å²) in [6, 6.07) is 12.6. The van der Waals surface area contributed by atoms with Crippen LogP contribution in [0.4, 0.5) is 0 Å². The highest BCUT2D eigenvalue weighted by Gasteiger charge is 2.29. The maximum atomic E-state index is 11.6. The topological polar surface area (TPSA) is 38.3 Å². The summed E-state index contributed by atoms with van der Waals surface area (Å²) in [6.45, 7) is 2.55. The van der Waals surface area contributed by atoms with Gasteiger partial charge in [-0.25, -0.2) is 5.48 Å². The van der Waals surface area contributed by atoms with E-state index in [0.717, 1.165) is 19.3 Å². The second-order valence-corrected chi connectivity index (χ2v) is 5.31. The molecule has 0 saturated heterocycles. The zero-order chi connectivity index (χ0) is 13.9. The summed E-state index contributed by atoms with van der Waals surface area (Å²) in [7, 11) is 0. The number of carbonyl (C=O) groups excluding carboxylic acids is 1. The van der Waals surface area contributed by atoms with Crippen molar-refractivity contribution in [3.63, 3.8) is 0 Å². The largest absolute Gasteiger partial charge is 0.273 e. The third-order valence-electron chi connectivity index (χ3n) is 3.86. The van der Waals surface area contributed by atoms with Crippen LogP contribution in [-0.4, -0.2) is 5.91 Å². The van der Waals surface area contributed by atoms with Crippen molar-refractivity contribution in [2.24, 2.45) is 5.92 Å². The van der Waals surface area contributed by atoms with Gasteiger partial charge in [0.2, 0.25) is 5.91 Å². The summed E-state index contributed by atoms with van der Waals surface area (Å²) in [5, 5.41) is 2.41. The predicted molar refractivity (Wildman–Crippen MR) is 79.0 cm³/mol. The number of hydrogen-bond donors (Lipinski definition) is 1. The molecule has 2 aromatic carbocycles. The lowest BCUT2D eigenvalue weighted by atomic mass is 9.98. The zero-order valence-corrected chi connectivity index (χ0v) is 11.7. The van der Waals surface area contributed by atoms with Crippen molar-refractivity contribution in [3.05, 3.63) is 47.5 Å². The van der Waals surface area contributed by atoms with E-state index in [-0.39, 0.29) is 11.8 Å². The number of carbonyl (C=O) groups is 1. The third kappa shape index (κ3) is 2.68. The van der Waals surface area contributed by atoms with Gasteiger partial charge in [-0.15, -0.1) is 0 Å². The van der Waals surface area contributed by atoms with Gasteiger partial charge in [-0.3, -0.25) is 9.63 Å². The smallest absolute Gasteiger partial charge is 0.246 e. The minimum absolute atomic E-state index is 0.0169. The first-order valence-corrected chi connectivity index (χ1v) is 7.20. The first-order valence-electron chi connectivity index (χ1n) is 7.20. The molecule has 0 bridgehead atoms. The second kappa shape index (κ2) is 5.63. The summed E-state index contributed by atoms with van der Waals surface area (Å²) in [5.74, 6) is 0.191. The number of rotatable bonds is 5. The molecule has 0 heterocycles. The molecule has 1 aliphatic rings.